The molecule has 0 fully saturated rings. The quantitative estimate of drug-likeness (QED) is 0.364. The van der Waals surface area contributed by atoms with Gasteiger partial charge in [-0.15, -0.1) is 0 Å². The smallest absolute Gasteiger partial charge is 0.0181 e. The molecule has 0 nitrogen and oxygen atoms in total. The first-order chi connectivity index (χ1) is 11.3. The van der Waals surface area contributed by atoms with E-state index in [1.165, 1.54) is 33.0 Å². The summed E-state index contributed by atoms with van der Waals surface area (Å²) >= 11 is 3.53. The second-order valence-corrected chi connectivity index (χ2v) is 6.57. The molecule has 0 aromatic heterocycles. The Labute approximate surface area is 144 Å². The van der Waals surface area contributed by atoms with Gasteiger partial charge in [0.2, 0.25) is 0 Å². The van der Waals surface area contributed by atoms with E-state index in [1.54, 1.807) is 0 Å². The summed E-state index contributed by atoms with van der Waals surface area (Å²) in [7, 11) is 0. The SMILES string of the molecule is Brc1cccc(-c2ccc(-c3ccc4ccccc4c3)cc2)c1. The first kappa shape index (κ1) is 14.2. The van der Waals surface area contributed by atoms with Gasteiger partial charge in [0.15, 0.2) is 0 Å². The molecular weight excluding hydrogens is 344 g/mol. The summed E-state index contributed by atoms with van der Waals surface area (Å²) in [6, 6.07) is 32.3. The summed E-state index contributed by atoms with van der Waals surface area (Å²) in [5.41, 5.74) is 4.96. The van der Waals surface area contributed by atoms with Crippen LogP contribution >= 0.6 is 15.9 Å². The number of hydrogen-bond donors (Lipinski definition) is 0. The predicted molar refractivity (Wildman–Crippen MR) is 103 cm³/mol. The summed E-state index contributed by atoms with van der Waals surface area (Å²) in [5, 5.41) is 2.56. The molecule has 0 bridgehead atoms. The molecule has 0 aliphatic carbocycles. The minimum Gasteiger partial charge on any atom is -0.0616 e. The van der Waals surface area contributed by atoms with Gasteiger partial charge in [0.25, 0.3) is 0 Å². The second kappa shape index (κ2) is 6.02. The Morgan fingerprint density at radius 2 is 1.04 bits per heavy atom. The van der Waals surface area contributed by atoms with Crippen molar-refractivity contribution in [2.45, 2.75) is 0 Å². The molecule has 0 saturated carbocycles. The van der Waals surface area contributed by atoms with Crippen LogP contribution in [0.4, 0.5) is 0 Å². The molecule has 4 aromatic carbocycles. The minimum atomic E-state index is 1.11. The molecule has 0 amide bonds. The van der Waals surface area contributed by atoms with Crippen LogP contribution in [0.5, 0.6) is 0 Å². The van der Waals surface area contributed by atoms with Crippen molar-refractivity contribution in [3.05, 3.63) is 95.5 Å². The molecule has 110 valence electrons. The maximum absolute atomic E-state index is 3.53. The lowest BCUT2D eigenvalue weighted by atomic mass is 9.98. The lowest BCUT2D eigenvalue weighted by molar-refractivity contribution is 1.58. The van der Waals surface area contributed by atoms with Crippen molar-refractivity contribution in [2.24, 2.45) is 0 Å². The Bertz CT molecular complexity index is 968. The molecule has 0 N–H and O–H groups in total. The van der Waals surface area contributed by atoms with Crippen LogP contribution in [0, 0.1) is 0 Å². The van der Waals surface area contributed by atoms with Crippen LogP contribution in [0.3, 0.4) is 0 Å². The maximum Gasteiger partial charge on any atom is 0.0181 e. The largest absolute Gasteiger partial charge is 0.0616 e. The van der Waals surface area contributed by atoms with Gasteiger partial charge in [-0.25, -0.2) is 0 Å². The summed E-state index contributed by atoms with van der Waals surface area (Å²) in [4.78, 5) is 0. The summed E-state index contributed by atoms with van der Waals surface area (Å²) in [5.74, 6) is 0. The molecule has 0 saturated heterocycles. The molecule has 0 atom stereocenters. The summed E-state index contributed by atoms with van der Waals surface area (Å²) < 4.78 is 1.11. The summed E-state index contributed by atoms with van der Waals surface area (Å²) in [6.07, 6.45) is 0. The normalized spacial score (nSPS) is 10.8. The van der Waals surface area contributed by atoms with E-state index in [4.69, 9.17) is 0 Å². The van der Waals surface area contributed by atoms with Gasteiger partial charge >= 0.3 is 0 Å². The average molecular weight is 359 g/mol. The highest BCUT2D eigenvalue weighted by atomic mass is 79.9. The number of hydrogen-bond acceptors (Lipinski definition) is 0. The Kier molecular flexibility index (Phi) is 3.72. The van der Waals surface area contributed by atoms with Crippen molar-refractivity contribution >= 4 is 26.7 Å². The van der Waals surface area contributed by atoms with Crippen LogP contribution in [0.15, 0.2) is 95.5 Å². The maximum atomic E-state index is 3.53. The van der Waals surface area contributed by atoms with Crippen molar-refractivity contribution in [3.8, 4) is 22.3 Å². The lowest BCUT2D eigenvalue weighted by Crippen LogP contribution is -1.81. The third-order valence-corrected chi connectivity index (χ3v) is 4.62. The lowest BCUT2D eigenvalue weighted by Gasteiger charge is -2.07. The van der Waals surface area contributed by atoms with Crippen molar-refractivity contribution in [1.29, 1.82) is 0 Å². The first-order valence-electron chi connectivity index (χ1n) is 7.65. The highest BCUT2D eigenvalue weighted by Crippen LogP contribution is 2.28. The first-order valence-corrected chi connectivity index (χ1v) is 8.44. The zero-order valence-electron chi connectivity index (χ0n) is 12.5. The zero-order valence-corrected chi connectivity index (χ0v) is 14.1. The Morgan fingerprint density at radius 1 is 0.435 bits per heavy atom. The third kappa shape index (κ3) is 2.93. The zero-order chi connectivity index (χ0) is 15.6. The van der Waals surface area contributed by atoms with Crippen LogP contribution in [0.25, 0.3) is 33.0 Å². The Balaban J connectivity index is 1.72. The number of rotatable bonds is 2. The van der Waals surface area contributed by atoms with Gasteiger partial charge < -0.3 is 0 Å². The second-order valence-electron chi connectivity index (χ2n) is 5.65. The van der Waals surface area contributed by atoms with Crippen LogP contribution < -0.4 is 0 Å². The molecule has 0 aliphatic rings. The van der Waals surface area contributed by atoms with Crippen molar-refractivity contribution in [1.82, 2.24) is 0 Å². The molecule has 0 heterocycles. The number of fused-ring (bicyclic) bond motifs is 1. The van der Waals surface area contributed by atoms with E-state index in [1.807, 2.05) is 6.07 Å². The highest BCUT2D eigenvalue weighted by molar-refractivity contribution is 9.10. The van der Waals surface area contributed by atoms with E-state index in [-0.39, 0.29) is 0 Å². The molecule has 23 heavy (non-hydrogen) atoms. The molecule has 0 spiro atoms. The van der Waals surface area contributed by atoms with Gasteiger partial charge in [0.05, 0.1) is 0 Å². The van der Waals surface area contributed by atoms with Crippen LogP contribution in [-0.2, 0) is 0 Å². The van der Waals surface area contributed by atoms with E-state index >= 15 is 0 Å². The van der Waals surface area contributed by atoms with Crippen LogP contribution in [0.1, 0.15) is 0 Å². The van der Waals surface area contributed by atoms with Crippen LogP contribution in [0.2, 0.25) is 0 Å². The fourth-order valence-corrected chi connectivity index (χ4v) is 3.29. The molecule has 0 radical (unpaired) electrons. The molecule has 1 heteroatoms. The van der Waals surface area contributed by atoms with E-state index in [9.17, 15) is 0 Å². The molecule has 4 rings (SSSR count). The molecule has 4 aromatic rings. The fraction of sp³-hybridized carbons (Fsp3) is 0. The fourth-order valence-electron chi connectivity index (χ4n) is 2.89. The monoisotopic (exact) mass is 358 g/mol. The molecule has 0 unspecified atom stereocenters. The average Bonchev–Trinajstić information content (AvgIpc) is 2.61. The topological polar surface area (TPSA) is 0 Å². The minimum absolute atomic E-state index is 1.11. The number of halogens is 1. The van der Waals surface area contributed by atoms with Gasteiger partial charge in [-0.05, 0) is 51.2 Å². The van der Waals surface area contributed by atoms with E-state index in [0.29, 0.717) is 0 Å². The van der Waals surface area contributed by atoms with Crippen molar-refractivity contribution in [3.63, 3.8) is 0 Å². The standard InChI is InChI=1S/C22H15Br/c23-22-7-3-6-20(15-22)17-8-10-18(11-9-17)21-13-12-16-4-1-2-5-19(16)14-21/h1-15H. The van der Waals surface area contributed by atoms with Crippen LogP contribution in [-0.4, -0.2) is 0 Å². The van der Waals surface area contributed by atoms with Crippen molar-refractivity contribution < 1.29 is 0 Å². The van der Waals surface area contributed by atoms with Gasteiger partial charge in [-0.1, -0.05) is 88.7 Å². The van der Waals surface area contributed by atoms with E-state index in [2.05, 4.69) is 101 Å². The van der Waals surface area contributed by atoms with Gasteiger partial charge in [-0.2, -0.15) is 0 Å². The Morgan fingerprint density at radius 3 is 1.74 bits per heavy atom. The highest BCUT2D eigenvalue weighted by Gasteiger charge is 2.02. The van der Waals surface area contributed by atoms with E-state index in [0.717, 1.165) is 4.47 Å². The molecule has 0 aliphatic heterocycles. The van der Waals surface area contributed by atoms with Gasteiger partial charge in [-0.3, -0.25) is 0 Å². The summed E-state index contributed by atoms with van der Waals surface area (Å²) in [6.45, 7) is 0. The predicted octanol–water partition coefficient (Wildman–Crippen LogP) is 6.94. The number of benzene rings is 4. The van der Waals surface area contributed by atoms with Gasteiger partial charge in [0.1, 0.15) is 0 Å². The van der Waals surface area contributed by atoms with E-state index < -0.39 is 0 Å². The molecular formula is C22H15Br. The Hall–Kier alpha value is -2.38. The van der Waals surface area contributed by atoms with Gasteiger partial charge in [0, 0.05) is 4.47 Å². The third-order valence-electron chi connectivity index (χ3n) is 4.13. The van der Waals surface area contributed by atoms with Crippen molar-refractivity contribution in [2.75, 3.05) is 0 Å².